The van der Waals surface area contributed by atoms with E-state index in [1.807, 2.05) is 0 Å². The van der Waals surface area contributed by atoms with Crippen molar-refractivity contribution >= 4 is 22.5 Å². The van der Waals surface area contributed by atoms with Gasteiger partial charge in [0.25, 0.3) is 5.56 Å². The Morgan fingerprint density at radius 1 is 1.16 bits per heavy atom. The van der Waals surface area contributed by atoms with Crippen LogP contribution in [0.1, 0.15) is 0 Å². The summed E-state index contributed by atoms with van der Waals surface area (Å²) in [5.41, 5.74) is 0.424. The zero-order valence-electron chi connectivity index (χ0n) is 9.28. The van der Waals surface area contributed by atoms with Crippen molar-refractivity contribution in [1.29, 1.82) is 0 Å². The molecule has 0 fully saturated rings. The van der Waals surface area contributed by atoms with Gasteiger partial charge in [-0.1, -0.05) is 0 Å². The number of fused-ring (bicyclic) bond motifs is 1. The van der Waals surface area contributed by atoms with E-state index in [1.54, 1.807) is 0 Å². The van der Waals surface area contributed by atoms with E-state index in [-0.39, 0.29) is 17.0 Å². The Kier molecular flexibility index (Phi) is 2.48. The molecule has 0 saturated heterocycles. The summed E-state index contributed by atoms with van der Waals surface area (Å²) >= 11 is 0. The van der Waals surface area contributed by atoms with Crippen LogP contribution in [-0.2, 0) is 0 Å². The molecule has 0 atom stereocenters. The fraction of sp³-hybridized carbons (Fsp3) is 0. The van der Waals surface area contributed by atoms with Crippen molar-refractivity contribution in [3.63, 3.8) is 0 Å². The van der Waals surface area contributed by atoms with Gasteiger partial charge in [0.1, 0.15) is 5.69 Å². The minimum Gasteiger partial charge on any atom is -0.351 e. The number of hydrogen-bond acceptors (Lipinski definition) is 5. The third-order valence-corrected chi connectivity index (χ3v) is 2.47. The molecule has 0 radical (unpaired) electrons. The zero-order valence-corrected chi connectivity index (χ0v) is 9.28. The number of nitrogens with zero attached hydrogens (tertiary/aromatic N) is 2. The van der Waals surface area contributed by atoms with Crippen molar-refractivity contribution in [2.75, 3.05) is 5.32 Å². The van der Waals surface area contributed by atoms with Gasteiger partial charge in [0.15, 0.2) is 17.2 Å². The first-order chi connectivity index (χ1) is 9.13. The van der Waals surface area contributed by atoms with Gasteiger partial charge in [-0.2, -0.15) is 0 Å². The Bertz CT molecular complexity index is 812. The summed E-state index contributed by atoms with van der Waals surface area (Å²) in [4.78, 5) is 14.1. The minimum atomic E-state index is -1.01. The van der Waals surface area contributed by atoms with Crippen LogP contribution in [0.25, 0.3) is 11.2 Å². The second-order valence-electron chi connectivity index (χ2n) is 3.76. The number of rotatable bonds is 2. The molecule has 0 bridgehead atoms. The molecule has 3 aromatic rings. The van der Waals surface area contributed by atoms with Crippen LogP contribution in [0.5, 0.6) is 0 Å². The van der Waals surface area contributed by atoms with Crippen molar-refractivity contribution in [3.8, 4) is 0 Å². The monoisotopic (exact) mass is 264 g/mol. The van der Waals surface area contributed by atoms with Gasteiger partial charge < -0.3 is 10.3 Å². The summed E-state index contributed by atoms with van der Waals surface area (Å²) in [6, 6.07) is 4.61. The van der Waals surface area contributed by atoms with Gasteiger partial charge in [0, 0.05) is 17.8 Å². The molecule has 2 aromatic heterocycles. The highest BCUT2D eigenvalue weighted by Crippen LogP contribution is 2.18. The molecule has 0 aliphatic carbocycles. The fourth-order valence-electron chi connectivity index (χ4n) is 1.58. The summed E-state index contributed by atoms with van der Waals surface area (Å²) in [5.74, 6) is -1.97. The number of nitrogens with one attached hydrogen (secondary N) is 2. The van der Waals surface area contributed by atoms with Gasteiger partial charge >= 0.3 is 0 Å². The van der Waals surface area contributed by atoms with E-state index in [0.29, 0.717) is 5.52 Å². The van der Waals surface area contributed by atoms with E-state index in [4.69, 9.17) is 0 Å². The van der Waals surface area contributed by atoms with Crippen LogP contribution in [0.3, 0.4) is 0 Å². The molecule has 3 rings (SSSR count). The summed E-state index contributed by atoms with van der Waals surface area (Å²) in [7, 11) is 0. The van der Waals surface area contributed by atoms with Gasteiger partial charge in [-0.3, -0.25) is 4.79 Å². The quantitative estimate of drug-likeness (QED) is 0.738. The molecule has 0 spiro atoms. The Labute approximate surface area is 104 Å². The standard InChI is InChI=1S/C11H6F2N4O2/c12-6-2-1-5(3-7(6)13)14-9-4-8-10(15-11(9)18)17-19-16-8/h1-4,14H,(H,15,17,18). The number of H-pyrrole nitrogens is 1. The van der Waals surface area contributed by atoms with E-state index in [0.717, 1.165) is 12.1 Å². The summed E-state index contributed by atoms with van der Waals surface area (Å²) in [6.07, 6.45) is 0. The molecule has 2 N–H and O–H groups in total. The predicted octanol–water partition coefficient (Wildman–Crippen LogP) is 1.93. The number of aromatic amines is 1. The molecule has 96 valence electrons. The molecule has 0 aliphatic rings. The number of aromatic nitrogens is 3. The highest BCUT2D eigenvalue weighted by atomic mass is 19.2. The number of pyridine rings is 1. The Balaban J connectivity index is 2.02. The lowest BCUT2D eigenvalue weighted by Gasteiger charge is -2.05. The molecule has 0 aliphatic heterocycles. The topological polar surface area (TPSA) is 83.8 Å². The molecule has 0 unspecified atom stereocenters. The van der Waals surface area contributed by atoms with Crippen LogP contribution < -0.4 is 10.9 Å². The molecule has 1 aromatic carbocycles. The lowest BCUT2D eigenvalue weighted by Crippen LogP contribution is -2.11. The number of anilines is 2. The second-order valence-corrected chi connectivity index (χ2v) is 3.76. The number of benzene rings is 1. The third-order valence-electron chi connectivity index (χ3n) is 2.47. The van der Waals surface area contributed by atoms with Crippen molar-refractivity contribution in [2.45, 2.75) is 0 Å². The summed E-state index contributed by atoms with van der Waals surface area (Å²) in [6.45, 7) is 0. The molecule has 0 saturated carbocycles. The van der Waals surface area contributed by atoms with E-state index in [1.165, 1.54) is 12.1 Å². The highest BCUT2D eigenvalue weighted by Gasteiger charge is 2.08. The highest BCUT2D eigenvalue weighted by molar-refractivity contribution is 5.74. The molecular formula is C11H6F2N4O2. The van der Waals surface area contributed by atoms with Crippen molar-refractivity contribution in [3.05, 3.63) is 46.3 Å². The van der Waals surface area contributed by atoms with Crippen LogP contribution >= 0.6 is 0 Å². The smallest absolute Gasteiger partial charge is 0.273 e. The van der Waals surface area contributed by atoms with Crippen LogP contribution in [-0.4, -0.2) is 15.3 Å². The van der Waals surface area contributed by atoms with E-state index < -0.39 is 17.2 Å². The van der Waals surface area contributed by atoms with E-state index >= 15 is 0 Å². The Hall–Kier alpha value is -2.77. The zero-order chi connectivity index (χ0) is 13.4. The number of hydrogen-bond donors (Lipinski definition) is 2. The lowest BCUT2D eigenvalue weighted by atomic mass is 10.3. The van der Waals surface area contributed by atoms with Crippen molar-refractivity contribution in [2.24, 2.45) is 0 Å². The minimum absolute atomic E-state index is 0.120. The van der Waals surface area contributed by atoms with Crippen molar-refractivity contribution in [1.82, 2.24) is 15.3 Å². The first-order valence-corrected chi connectivity index (χ1v) is 5.21. The van der Waals surface area contributed by atoms with Gasteiger partial charge in [0.2, 0.25) is 5.65 Å². The maximum atomic E-state index is 13.0. The third kappa shape index (κ3) is 2.03. The first kappa shape index (κ1) is 11.3. The predicted molar refractivity (Wildman–Crippen MR) is 62.1 cm³/mol. The number of halogens is 2. The normalized spacial score (nSPS) is 10.8. The maximum Gasteiger partial charge on any atom is 0.273 e. The molecule has 0 amide bonds. The molecule has 19 heavy (non-hydrogen) atoms. The van der Waals surface area contributed by atoms with E-state index in [2.05, 4.69) is 25.2 Å². The summed E-state index contributed by atoms with van der Waals surface area (Å²) in [5, 5.41) is 9.70. The average molecular weight is 264 g/mol. The molecule has 8 heteroatoms. The van der Waals surface area contributed by atoms with Crippen molar-refractivity contribution < 1.29 is 13.4 Å². The van der Waals surface area contributed by atoms with E-state index in [9.17, 15) is 13.6 Å². The van der Waals surface area contributed by atoms with Crippen LogP contribution in [0.15, 0.2) is 33.7 Å². The Morgan fingerprint density at radius 2 is 2.00 bits per heavy atom. The molecular weight excluding hydrogens is 258 g/mol. The van der Waals surface area contributed by atoms with Crippen LogP contribution in [0.2, 0.25) is 0 Å². The van der Waals surface area contributed by atoms with Crippen LogP contribution in [0, 0.1) is 11.6 Å². The average Bonchev–Trinajstić information content (AvgIpc) is 2.81. The van der Waals surface area contributed by atoms with Crippen LogP contribution in [0.4, 0.5) is 20.2 Å². The largest absolute Gasteiger partial charge is 0.351 e. The Morgan fingerprint density at radius 3 is 2.79 bits per heavy atom. The SMILES string of the molecule is O=c1[nH]c2nonc2cc1Nc1ccc(F)c(F)c1. The van der Waals surface area contributed by atoms with Gasteiger partial charge in [0.05, 0.1) is 0 Å². The van der Waals surface area contributed by atoms with Gasteiger partial charge in [-0.15, -0.1) is 0 Å². The second kappa shape index (κ2) is 4.16. The van der Waals surface area contributed by atoms with Gasteiger partial charge in [-0.05, 0) is 22.4 Å². The first-order valence-electron chi connectivity index (χ1n) is 5.21. The summed E-state index contributed by atoms with van der Waals surface area (Å²) < 4.78 is 30.3. The lowest BCUT2D eigenvalue weighted by molar-refractivity contribution is 0.314. The molecule has 2 heterocycles. The fourth-order valence-corrected chi connectivity index (χ4v) is 1.58. The maximum absolute atomic E-state index is 13.0. The molecule has 6 nitrogen and oxygen atoms in total. The van der Waals surface area contributed by atoms with Gasteiger partial charge in [-0.25, -0.2) is 13.4 Å².